The van der Waals surface area contributed by atoms with Crippen LogP contribution in [0.2, 0.25) is 0 Å². The van der Waals surface area contributed by atoms with Gasteiger partial charge in [-0.2, -0.15) is 0 Å². The summed E-state index contributed by atoms with van der Waals surface area (Å²) in [6.07, 6.45) is 3.78. The second-order valence-electron chi connectivity index (χ2n) is 5.27. The minimum Gasteiger partial charge on any atom is -0.337 e. The summed E-state index contributed by atoms with van der Waals surface area (Å²) in [6.45, 7) is 6.01. The average Bonchev–Trinajstić information content (AvgIpc) is 3.08. The van der Waals surface area contributed by atoms with E-state index in [1.54, 1.807) is 0 Å². The van der Waals surface area contributed by atoms with E-state index < -0.39 is 0 Å². The topological polar surface area (TPSA) is 54.3 Å². The summed E-state index contributed by atoms with van der Waals surface area (Å²) >= 11 is 1.52. The highest BCUT2D eigenvalue weighted by Crippen LogP contribution is 2.13. The molecule has 112 valence electrons. The van der Waals surface area contributed by atoms with Gasteiger partial charge in [0, 0.05) is 51.0 Å². The van der Waals surface area contributed by atoms with Crippen molar-refractivity contribution in [1.29, 1.82) is 0 Å². The van der Waals surface area contributed by atoms with Gasteiger partial charge in [-0.15, -0.1) is 11.3 Å². The van der Waals surface area contributed by atoms with E-state index in [1.165, 1.54) is 11.3 Å². The van der Waals surface area contributed by atoms with Gasteiger partial charge in [0.2, 0.25) is 0 Å². The van der Waals surface area contributed by atoms with Crippen LogP contribution < -0.4 is 0 Å². The Labute approximate surface area is 128 Å². The summed E-state index contributed by atoms with van der Waals surface area (Å²) in [7, 11) is 2.01. The van der Waals surface area contributed by atoms with Crippen LogP contribution >= 0.6 is 11.3 Å². The van der Waals surface area contributed by atoms with Crippen molar-refractivity contribution in [3.05, 3.63) is 34.3 Å². The van der Waals surface area contributed by atoms with Crippen molar-refractivity contribution in [2.75, 3.05) is 26.2 Å². The Morgan fingerprint density at radius 1 is 1.33 bits per heavy atom. The third-order valence-corrected chi connectivity index (χ3v) is 4.56. The summed E-state index contributed by atoms with van der Waals surface area (Å²) in [5, 5.41) is 2.78. The first-order valence-corrected chi connectivity index (χ1v) is 7.91. The molecule has 0 aliphatic carbocycles. The number of carbonyl (C=O) groups excluding carboxylic acids is 1. The van der Waals surface area contributed by atoms with E-state index in [0.717, 1.165) is 43.6 Å². The first kappa shape index (κ1) is 14.2. The van der Waals surface area contributed by atoms with E-state index in [0.29, 0.717) is 5.69 Å². The fraction of sp³-hybridized carbons (Fsp3) is 0.500. The maximum atomic E-state index is 12.3. The summed E-state index contributed by atoms with van der Waals surface area (Å²) in [5.74, 6) is 1.11. The van der Waals surface area contributed by atoms with Crippen molar-refractivity contribution < 1.29 is 4.79 Å². The highest BCUT2D eigenvalue weighted by atomic mass is 32.1. The lowest BCUT2D eigenvalue weighted by Crippen LogP contribution is -2.48. The zero-order valence-corrected chi connectivity index (χ0v) is 13.1. The Bertz CT molecular complexity index is 627. The van der Waals surface area contributed by atoms with Crippen molar-refractivity contribution in [1.82, 2.24) is 24.3 Å². The highest BCUT2D eigenvalue weighted by Gasteiger charge is 2.24. The van der Waals surface area contributed by atoms with E-state index in [4.69, 9.17) is 0 Å². The molecule has 0 saturated carbocycles. The van der Waals surface area contributed by atoms with Crippen LogP contribution in [0.5, 0.6) is 0 Å². The first-order chi connectivity index (χ1) is 10.1. The molecule has 0 N–H and O–H groups in total. The van der Waals surface area contributed by atoms with Gasteiger partial charge in [-0.05, 0) is 6.92 Å². The number of hydrogen-bond donors (Lipinski definition) is 0. The first-order valence-electron chi connectivity index (χ1n) is 7.03. The smallest absolute Gasteiger partial charge is 0.273 e. The zero-order chi connectivity index (χ0) is 14.8. The maximum Gasteiger partial charge on any atom is 0.273 e. The van der Waals surface area contributed by atoms with Crippen LogP contribution in [0.25, 0.3) is 0 Å². The summed E-state index contributed by atoms with van der Waals surface area (Å²) in [5.41, 5.74) is 0.579. The number of aryl methyl sites for hydroxylation is 2. The van der Waals surface area contributed by atoms with Gasteiger partial charge in [0.1, 0.15) is 11.5 Å². The summed E-state index contributed by atoms with van der Waals surface area (Å²) in [4.78, 5) is 25.2. The van der Waals surface area contributed by atoms with E-state index in [2.05, 4.69) is 14.9 Å². The Hall–Kier alpha value is -1.73. The largest absolute Gasteiger partial charge is 0.337 e. The second kappa shape index (κ2) is 5.95. The van der Waals surface area contributed by atoms with Gasteiger partial charge in [-0.25, -0.2) is 9.97 Å². The minimum atomic E-state index is 0.0518. The molecule has 7 heteroatoms. The Balaban J connectivity index is 1.55. The number of thiazole rings is 1. The van der Waals surface area contributed by atoms with Crippen molar-refractivity contribution >= 4 is 17.2 Å². The molecule has 21 heavy (non-hydrogen) atoms. The zero-order valence-electron chi connectivity index (χ0n) is 12.3. The normalized spacial score (nSPS) is 16.4. The number of hydrogen-bond acceptors (Lipinski definition) is 5. The van der Waals surface area contributed by atoms with Crippen molar-refractivity contribution in [2.45, 2.75) is 13.5 Å². The number of amides is 1. The minimum absolute atomic E-state index is 0.0518. The molecule has 3 heterocycles. The van der Waals surface area contributed by atoms with E-state index in [9.17, 15) is 4.79 Å². The Morgan fingerprint density at radius 2 is 2.10 bits per heavy atom. The van der Waals surface area contributed by atoms with Gasteiger partial charge in [-0.1, -0.05) is 0 Å². The van der Waals surface area contributed by atoms with Crippen LogP contribution in [-0.2, 0) is 13.6 Å². The molecule has 0 atom stereocenters. The van der Waals surface area contributed by atoms with Crippen LogP contribution in [0.3, 0.4) is 0 Å². The number of piperazine rings is 1. The molecule has 0 radical (unpaired) electrons. The van der Waals surface area contributed by atoms with Gasteiger partial charge in [0.05, 0.1) is 11.6 Å². The van der Waals surface area contributed by atoms with Gasteiger partial charge in [0.25, 0.3) is 5.91 Å². The molecule has 6 nitrogen and oxygen atoms in total. The van der Waals surface area contributed by atoms with Crippen LogP contribution in [-0.4, -0.2) is 56.4 Å². The van der Waals surface area contributed by atoms with Crippen LogP contribution in [0.1, 0.15) is 21.3 Å². The quantitative estimate of drug-likeness (QED) is 0.853. The highest BCUT2D eigenvalue weighted by molar-refractivity contribution is 7.09. The molecule has 1 fully saturated rings. The molecule has 0 spiro atoms. The molecular weight excluding hydrogens is 286 g/mol. The molecule has 2 aromatic heterocycles. The maximum absolute atomic E-state index is 12.3. The molecule has 1 amide bonds. The molecule has 1 aliphatic rings. The summed E-state index contributed by atoms with van der Waals surface area (Å²) in [6, 6.07) is 0. The molecular formula is C14H19N5OS. The van der Waals surface area contributed by atoms with E-state index >= 15 is 0 Å². The van der Waals surface area contributed by atoms with Gasteiger partial charge in [-0.3, -0.25) is 9.69 Å². The predicted octanol–water partition coefficient (Wildman–Crippen LogP) is 1.14. The molecule has 1 saturated heterocycles. The van der Waals surface area contributed by atoms with Crippen molar-refractivity contribution in [3.63, 3.8) is 0 Å². The molecule has 0 aromatic carbocycles. The number of nitrogens with zero attached hydrogens (tertiary/aromatic N) is 5. The fourth-order valence-corrected chi connectivity index (χ4v) is 3.07. The SMILES string of the molecule is Cc1nc(C(=O)N2CCN(Cc3nccn3C)CC2)cs1. The molecule has 2 aromatic rings. The molecule has 0 bridgehead atoms. The monoisotopic (exact) mass is 305 g/mol. The van der Waals surface area contributed by atoms with Crippen molar-refractivity contribution in [2.24, 2.45) is 7.05 Å². The second-order valence-corrected chi connectivity index (χ2v) is 6.34. The third kappa shape index (κ3) is 3.14. The fourth-order valence-electron chi connectivity index (χ4n) is 2.48. The van der Waals surface area contributed by atoms with E-state index in [1.807, 2.05) is 41.2 Å². The van der Waals surface area contributed by atoms with Crippen LogP contribution in [0.15, 0.2) is 17.8 Å². The molecule has 0 unspecified atom stereocenters. The van der Waals surface area contributed by atoms with Crippen LogP contribution in [0, 0.1) is 6.92 Å². The lowest BCUT2D eigenvalue weighted by Gasteiger charge is -2.34. The lowest BCUT2D eigenvalue weighted by molar-refractivity contribution is 0.0619. The molecule has 3 rings (SSSR count). The number of rotatable bonds is 3. The third-order valence-electron chi connectivity index (χ3n) is 3.78. The van der Waals surface area contributed by atoms with Gasteiger partial charge in [0.15, 0.2) is 0 Å². The predicted molar refractivity (Wildman–Crippen MR) is 81.2 cm³/mol. The number of aromatic nitrogens is 3. The lowest BCUT2D eigenvalue weighted by atomic mass is 10.3. The number of imidazole rings is 1. The number of carbonyl (C=O) groups is 1. The van der Waals surface area contributed by atoms with Gasteiger partial charge >= 0.3 is 0 Å². The van der Waals surface area contributed by atoms with E-state index in [-0.39, 0.29) is 5.91 Å². The molecule has 1 aliphatic heterocycles. The van der Waals surface area contributed by atoms with Crippen LogP contribution in [0.4, 0.5) is 0 Å². The Kier molecular flexibility index (Phi) is 4.03. The van der Waals surface area contributed by atoms with Gasteiger partial charge < -0.3 is 9.47 Å². The Morgan fingerprint density at radius 3 is 2.67 bits per heavy atom. The standard InChI is InChI=1S/C14H19N5OS/c1-11-16-12(10-21-11)14(20)19-7-5-18(6-8-19)9-13-15-3-4-17(13)2/h3-4,10H,5-9H2,1-2H3. The summed E-state index contributed by atoms with van der Waals surface area (Å²) < 4.78 is 2.04. The van der Waals surface area contributed by atoms with Crippen molar-refractivity contribution in [3.8, 4) is 0 Å². The average molecular weight is 305 g/mol.